The molecule has 0 spiro atoms. The number of para-hydroxylation sites is 2. The largest absolute Gasteiger partial charge is 0.397 e. The Bertz CT molecular complexity index is 717. The van der Waals surface area contributed by atoms with Gasteiger partial charge in [-0.1, -0.05) is 12.1 Å². The molecule has 2 bridgehead atoms. The predicted molar refractivity (Wildman–Crippen MR) is 88.4 cm³/mol. The Hall–Kier alpha value is -2.34. The summed E-state index contributed by atoms with van der Waals surface area (Å²) in [5.41, 5.74) is 7.96. The van der Waals surface area contributed by atoms with Crippen molar-refractivity contribution < 1.29 is 4.79 Å². The second-order valence-electron chi connectivity index (χ2n) is 6.45. The van der Waals surface area contributed by atoms with Crippen LogP contribution in [0.2, 0.25) is 0 Å². The van der Waals surface area contributed by atoms with Gasteiger partial charge in [-0.3, -0.25) is 4.79 Å². The van der Waals surface area contributed by atoms with Gasteiger partial charge in [0, 0.05) is 18.8 Å². The number of carbonyl (C=O) groups is 1. The van der Waals surface area contributed by atoms with E-state index in [2.05, 4.69) is 15.3 Å². The van der Waals surface area contributed by atoms with E-state index in [1.54, 1.807) is 17.1 Å². The molecule has 3 aliphatic heterocycles. The molecule has 0 unspecified atom stereocenters. The van der Waals surface area contributed by atoms with E-state index >= 15 is 0 Å². The molecular formula is C17H21N5O. The van der Waals surface area contributed by atoms with Crippen molar-refractivity contribution in [3.8, 4) is 5.69 Å². The third-order valence-corrected chi connectivity index (χ3v) is 5.00. The molecule has 5 rings (SSSR count). The van der Waals surface area contributed by atoms with Crippen molar-refractivity contribution in [2.24, 2.45) is 5.92 Å². The molecule has 1 aromatic carbocycles. The number of benzene rings is 1. The van der Waals surface area contributed by atoms with Gasteiger partial charge in [-0.05, 0) is 44.0 Å². The highest BCUT2D eigenvalue weighted by molar-refractivity contribution is 5.94. The van der Waals surface area contributed by atoms with Crippen LogP contribution in [-0.2, 0) is 0 Å². The first-order chi connectivity index (χ1) is 11.2. The summed E-state index contributed by atoms with van der Waals surface area (Å²) in [4.78, 5) is 14.9. The van der Waals surface area contributed by atoms with Crippen LogP contribution in [-0.4, -0.2) is 46.3 Å². The number of hydrogen-bond donors (Lipinski definition) is 2. The summed E-state index contributed by atoms with van der Waals surface area (Å²) < 4.78 is 1.65. The SMILES string of the molecule is Nc1ccccc1-n1cc(C(=O)N[C@H]2CN3CCC2CC3)cn1. The van der Waals surface area contributed by atoms with Crippen LogP contribution in [0.4, 0.5) is 5.69 Å². The van der Waals surface area contributed by atoms with Gasteiger partial charge < -0.3 is 16.0 Å². The van der Waals surface area contributed by atoms with E-state index in [0.717, 1.165) is 12.2 Å². The van der Waals surface area contributed by atoms with Gasteiger partial charge in [-0.2, -0.15) is 5.10 Å². The average Bonchev–Trinajstić information content (AvgIpc) is 3.06. The topological polar surface area (TPSA) is 76.2 Å². The number of anilines is 1. The van der Waals surface area contributed by atoms with E-state index in [9.17, 15) is 4.79 Å². The number of aromatic nitrogens is 2. The number of piperidine rings is 3. The Morgan fingerprint density at radius 2 is 2.04 bits per heavy atom. The average molecular weight is 311 g/mol. The summed E-state index contributed by atoms with van der Waals surface area (Å²) >= 11 is 0. The number of nitrogens with two attached hydrogens (primary N) is 1. The molecule has 3 saturated heterocycles. The second-order valence-corrected chi connectivity index (χ2v) is 6.45. The van der Waals surface area contributed by atoms with Gasteiger partial charge in [0.25, 0.3) is 5.91 Å². The first-order valence-electron chi connectivity index (χ1n) is 8.13. The van der Waals surface area contributed by atoms with Crippen molar-refractivity contribution in [3.63, 3.8) is 0 Å². The van der Waals surface area contributed by atoms with E-state index in [1.165, 1.54) is 25.9 Å². The van der Waals surface area contributed by atoms with E-state index < -0.39 is 0 Å². The van der Waals surface area contributed by atoms with Crippen LogP contribution in [0, 0.1) is 5.92 Å². The fraction of sp³-hybridized carbons (Fsp3) is 0.412. The summed E-state index contributed by atoms with van der Waals surface area (Å²) in [5.74, 6) is 0.563. The summed E-state index contributed by atoms with van der Waals surface area (Å²) in [7, 11) is 0. The molecule has 2 aromatic rings. The third kappa shape index (κ3) is 2.70. The van der Waals surface area contributed by atoms with Crippen molar-refractivity contribution in [3.05, 3.63) is 42.2 Å². The van der Waals surface area contributed by atoms with Gasteiger partial charge in [-0.15, -0.1) is 0 Å². The van der Waals surface area contributed by atoms with Crippen LogP contribution >= 0.6 is 0 Å². The molecule has 1 aromatic heterocycles. The molecule has 1 atom stereocenters. The van der Waals surface area contributed by atoms with Crippen molar-refractivity contribution in [2.75, 3.05) is 25.4 Å². The molecule has 0 saturated carbocycles. The number of fused-ring (bicyclic) bond motifs is 3. The van der Waals surface area contributed by atoms with Gasteiger partial charge >= 0.3 is 0 Å². The smallest absolute Gasteiger partial charge is 0.254 e. The number of nitrogen functional groups attached to an aromatic ring is 1. The lowest BCUT2D eigenvalue weighted by Gasteiger charge is -2.44. The number of nitrogens with zero attached hydrogens (tertiary/aromatic N) is 3. The quantitative estimate of drug-likeness (QED) is 0.837. The minimum atomic E-state index is -0.0514. The van der Waals surface area contributed by atoms with Gasteiger partial charge in [0.05, 0.1) is 23.1 Å². The fourth-order valence-corrected chi connectivity index (χ4v) is 3.65. The van der Waals surface area contributed by atoms with Gasteiger partial charge in [-0.25, -0.2) is 4.68 Å². The van der Waals surface area contributed by atoms with E-state index in [1.807, 2.05) is 24.3 Å². The molecule has 23 heavy (non-hydrogen) atoms. The molecule has 3 aliphatic rings. The van der Waals surface area contributed by atoms with Crippen molar-refractivity contribution in [1.29, 1.82) is 0 Å². The summed E-state index contributed by atoms with van der Waals surface area (Å²) in [6, 6.07) is 7.75. The standard InChI is InChI=1S/C17H21N5O/c18-14-3-1-2-4-16(14)22-10-13(9-19-22)17(23)20-15-11-21-7-5-12(15)6-8-21/h1-4,9-10,12,15H,5-8,11,18H2,(H,20,23)/t15-/m0/s1. The highest BCUT2D eigenvalue weighted by Gasteiger charge is 2.35. The molecule has 0 radical (unpaired) electrons. The molecular weight excluding hydrogens is 290 g/mol. The van der Waals surface area contributed by atoms with Crippen molar-refractivity contribution >= 4 is 11.6 Å². The first kappa shape index (κ1) is 14.3. The summed E-state index contributed by atoms with van der Waals surface area (Å²) in [6.45, 7) is 3.31. The molecule has 0 aliphatic carbocycles. The number of nitrogens with one attached hydrogen (secondary N) is 1. The molecule has 3 fully saturated rings. The number of carbonyl (C=O) groups excluding carboxylic acids is 1. The molecule has 1 amide bonds. The van der Waals surface area contributed by atoms with Crippen LogP contribution in [0.5, 0.6) is 0 Å². The minimum absolute atomic E-state index is 0.0514. The zero-order valence-electron chi connectivity index (χ0n) is 13.0. The van der Waals surface area contributed by atoms with E-state index in [4.69, 9.17) is 5.73 Å². The van der Waals surface area contributed by atoms with Gasteiger partial charge in [0.15, 0.2) is 0 Å². The van der Waals surface area contributed by atoms with Crippen LogP contribution in [0.1, 0.15) is 23.2 Å². The third-order valence-electron chi connectivity index (χ3n) is 5.00. The highest BCUT2D eigenvalue weighted by Crippen LogP contribution is 2.27. The zero-order valence-corrected chi connectivity index (χ0v) is 13.0. The minimum Gasteiger partial charge on any atom is -0.397 e. The van der Waals surface area contributed by atoms with Crippen LogP contribution in [0.3, 0.4) is 0 Å². The van der Waals surface area contributed by atoms with Gasteiger partial charge in [0.1, 0.15) is 0 Å². The monoisotopic (exact) mass is 311 g/mol. The summed E-state index contributed by atoms with van der Waals surface area (Å²) in [5, 5.41) is 7.46. The maximum atomic E-state index is 12.5. The Labute approximate surface area is 135 Å². The maximum absolute atomic E-state index is 12.5. The molecule has 6 nitrogen and oxygen atoms in total. The number of hydrogen-bond acceptors (Lipinski definition) is 4. The normalized spacial score (nSPS) is 26.2. The number of amides is 1. The van der Waals surface area contributed by atoms with Crippen molar-refractivity contribution in [1.82, 2.24) is 20.0 Å². The molecule has 6 heteroatoms. The van der Waals surface area contributed by atoms with Crippen molar-refractivity contribution in [2.45, 2.75) is 18.9 Å². The predicted octanol–water partition coefficient (Wildman–Crippen LogP) is 1.28. The lowest BCUT2D eigenvalue weighted by Crippen LogP contribution is -2.57. The zero-order chi connectivity index (χ0) is 15.8. The Morgan fingerprint density at radius 1 is 1.26 bits per heavy atom. The Morgan fingerprint density at radius 3 is 2.74 bits per heavy atom. The fourth-order valence-electron chi connectivity index (χ4n) is 3.65. The lowest BCUT2D eigenvalue weighted by molar-refractivity contribution is 0.0620. The molecule has 3 N–H and O–H groups in total. The summed E-state index contributed by atoms with van der Waals surface area (Å²) in [6.07, 6.45) is 5.71. The molecule has 4 heterocycles. The van der Waals surface area contributed by atoms with Gasteiger partial charge in [0.2, 0.25) is 0 Å². The van der Waals surface area contributed by atoms with E-state index in [0.29, 0.717) is 17.2 Å². The van der Waals surface area contributed by atoms with Crippen LogP contribution in [0.25, 0.3) is 5.69 Å². The second kappa shape index (κ2) is 5.70. The molecule has 120 valence electrons. The Kier molecular flexibility index (Phi) is 3.53. The highest BCUT2D eigenvalue weighted by atomic mass is 16.1. The number of rotatable bonds is 3. The first-order valence-corrected chi connectivity index (χ1v) is 8.13. The van der Waals surface area contributed by atoms with E-state index in [-0.39, 0.29) is 11.9 Å². The Balaban J connectivity index is 1.48. The maximum Gasteiger partial charge on any atom is 0.254 e. The van der Waals surface area contributed by atoms with Crippen LogP contribution in [0.15, 0.2) is 36.7 Å². The lowest BCUT2D eigenvalue weighted by atomic mass is 9.84. The van der Waals surface area contributed by atoms with Crippen LogP contribution < -0.4 is 11.1 Å².